The van der Waals surface area contributed by atoms with Gasteiger partial charge in [0.1, 0.15) is 5.60 Å². The molecule has 2 aromatic rings. The molecule has 1 aromatic heterocycles. The van der Waals surface area contributed by atoms with Gasteiger partial charge in [0.25, 0.3) is 11.1 Å². The Kier molecular flexibility index (Phi) is 6.83. The first-order chi connectivity index (χ1) is 16.0. The van der Waals surface area contributed by atoms with Crippen LogP contribution in [0.1, 0.15) is 46.5 Å². The molecular weight excluding hydrogens is 473 g/mol. The highest BCUT2D eigenvalue weighted by Gasteiger charge is 2.41. The smallest absolute Gasteiger partial charge is 0.416 e. The van der Waals surface area contributed by atoms with Gasteiger partial charge in [-0.15, -0.1) is 0 Å². The summed E-state index contributed by atoms with van der Waals surface area (Å²) in [5, 5.41) is 25.4. The van der Waals surface area contributed by atoms with Gasteiger partial charge in [-0.1, -0.05) is 17.4 Å². The zero-order valence-electron chi connectivity index (χ0n) is 18.1. The van der Waals surface area contributed by atoms with Gasteiger partial charge in [-0.2, -0.15) is 13.2 Å². The zero-order chi connectivity index (χ0) is 24.5. The third-order valence-corrected chi connectivity index (χ3v) is 7.38. The molecule has 1 saturated carbocycles. The van der Waals surface area contributed by atoms with Crippen LogP contribution in [0.15, 0.2) is 30.5 Å². The normalized spacial score (nSPS) is 23.8. The summed E-state index contributed by atoms with van der Waals surface area (Å²) in [5.41, 5.74) is -2.06. The largest absolute Gasteiger partial charge is 0.486 e. The van der Waals surface area contributed by atoms with Gasteiger partial charge in [-0.05, 0) is 43.9 Å². The second-order valence-electron chi connectivity index (χ2n) is 8.75. The van der Waals surface area contributed by atoms with Crippen molar-refractivity contribution in [2.24, 2.45) is 0 Å². The number of alkyl halides is 3. The molecule has 1 aromatic carbocycles. The topological polar surface area (TPSA) is 115 Å². The number of amides is 2. The molecule has 8 nitrogen and oxygen atoms in total. The third kappa shape index (κ3) is 5.50. The number of nitrogens with zero attached hydrogens (tertiary/aromatic N) is 2. The van der Waals surface area contributed by atoms with Gasteiger partial charge >= 0.3 is 6.18 Å². The van der Waals surface area contributed by atoms with E-state index in [1.807, 2.05) is 0 Å². The minimum atomic E-state index is -4.55. The fourth-order valence-corrected chi connectivity index (χ4v) is 5.25. The molecule has 4 rings (SSSR count). The Morgan fingerprint density at radius 3 is 2.56 bits per heavy atom. The van der Waals surface area contributed by atoms with E-state index in [4.69, 9.17) is 0 Å². The Morgan fingerprint density at radius 1 is 1.24 bits per heavy atom. The average Bonchev–Trinajstić information content (AvgIpc) is 3.22. The van der Waals surface area contributed by atoms with Crippen LogP contribution in [0.2, 0.25) is 0 Å². The number of aliphatic hydroxyl groups is 1. The number of halogens is 3. The fraction of sp³-hybridized carbons (Fsp3) is 0.500. The Morgan fingerprint density at radius 2 is 1.94 bits per heavy atom. The van der Waals surface area contributed by atoms with Crippen LogP contribution < -0.4 is 10.6 Å². The average molecular weight is 499 g/mol. The van der Waals surface area contributed by atoms with Crippen molar-refractivity contribution < 1.29 is 33.0 Å². The van der Waals surface area contributed by atoms with Gasteiger partial charge in [-0.25, -0.2) is 4.98 Å². The number of thiazole rings is 1. The second kappa shape index (κ2) is 9.51. The number of likely N-dealkylation sites (tertiary alicyclic amines) is 1. The number of nitrogens with one attached hydrogen (secondary N) is 2. The number of carbonyl (C=O) groups is 2. The lowest BCUT2D eigenvalue weighted by atomic mass is 9.80. The van der Waals surface area contributed by atoms with Gasteiger partial charge < -0.3 is 20.8 Å². The van der Waals surface area contributed by atoms with E-state index >= 15 is 0 Å². The van der Waals surface area contributed by atoms with E-state index in [0.29, 0.717) is 30.8 Å². The summed E-state index contributed by atoms with van der Waals surface area (Å²) in [4.78, 5) is 31.0. The number of hydrogen-bond acceptors (Lipinski definition) is 7. The number of aromatic hydroxyl groups is 1. The lowest BCUT2D eigenvalue weighted by molar-refractivity contribution is -0.137. The van der Waals surface area contributed by atoms with Crippen molar-refractivity contribution in [2.75, 3.05) is 19.6 Å². The molecule has 0 spiro atoms. The van der Waals surface area contributed by atoms with Crippen molar-refractivity contribution in [3.63, 3.8) is 0 Å². The summed E-state index contributed by atoms with van der Waals surface area (Å²) in [6.07, 6.45) is -0.346. The molecule has 2 heterocycles. The van der Waals surface area contributed by atoms with Crippen molar-refractivity contribution in [1.82, 2.24) is 20.5 Å². The van der Waals surface area contributed by atoms with Gasteiger partial charge in [0.2, 0.25) is 5.91 Å². The standard InChI is InChI=1S/C22H25F3N4O4S/c23-22(24,25)14-3-1-2-13(8-14)19(31)26-10-18(30)28-15-11-29(12-15)16-4-6-21(33,7-5-16)17-9-27-20(32)34-17/h1-3,8-9,15-16,33H,4-7,10-12H2,(H,26,31)(H,27,32)(H,28,30)/t16-,21-. The van der Waals surface area contributed by atoms with E-state index in [0.717, 1.165) is 42.4 Å². The molecule has 0 bridgehead atoms. The second-order valence-corrected chi connectivity index (χ2v) is 9.76. The molecule has 0 unspecified atom stereocenters. The highest BCUT2D eigenvalue weighted by atomic mass is 32.1. The van der Waals surface area contributed by atoms with Crippen molar-refractivity contribution in [2.45, 2.75) is 49.5 Å². The maximum absolute atomic E-state index is 12.8. The molecule has 2 aliphatic rings. The summed E-state index contributed by atoms with van der Waals surface area (Å²) in [5.74, 6) is -1.16. The van der Waals surface area contributed by atoms with E-state index in [9.17, 15) is 33.0 Å². The zero-order valence-corrected chi connectivity index (χ0v) is 19.0. The quantitative estimate of drug-likeness (QED) is 0.486. The van der Waals surface area contributed by atoms with Crippen molar-refractivity contribution >= 4 is 23.2 Å². The summed E-state index contributed by atoms with van der Waals surface area (Å²) < 4.78 is 38.4. The number of hydrogen-bond donors (Lipinski definition) is 4. The molecule has 1 aliphatic heterocycles. The van der Waals surface area contributed by atoms with Crippen molar-refractivity contribution in [3.05, 3.63) is 46.5 Å². The van der Waals surface area contributed by atoms with Crippen LogP contribution in [0.3, 0.4) is 0 Å². The van der Waals surface area contributed by atoms with Crippen LogP contribution in [0, 0.1) is 0 Å². The van der Waals surface area contributed by atoms with E-state index in [1.165, 1.54) is 12.3 Å². The monoisotopic (exact) mass is 498 g/mol. The van der Waals surface area contributed by atoms with Gasteiger partial charge in [0, 0.05) is 30.9 Å². The number of aromatic nitrogens is 1. The van der Waals surface area contributed by atoms with Crippen molar-refractivity contribution in [3.8, 4) is 5.19 Å². The molecule has 0 atom stereocenters. The van der Waals surface area contributed by atoms with Gasteiger partial charge in [-0.3, -0.25) is 14.5 Å². The summed E-state index contributed by atoms with van der Waals surface area (Å²) in [6.45, 7) is 0.971. The van der Waals surface area contributed by atoms with E-state index in [1.54, 1.807) is 0 Å². The lowest BCUT2D eigenvalue weighted by Gasteiger charge is -2.48. The number of benzene rings is 1. The van der Waals surface area contributed by atoms with E-state index in [-0.39, 0.29) is 29.4 Å². The highest BCUT2D eigenvalue weighted by molar-refractivity contribution is 7.13. The maximum Gasteiger partial charge on any atom is 0.416 e. The third-order valence-electron chi connectivity index (χ3n) is 6.39. The molecule has 1 saturated heterocycles. The van der Waals surface area contributed by atoms with Crippen LogP contribution >= 0.6 is 11.3 Å². The van der Waals surface area contributed by atoms with Crippen molar-refractivity contribution in [1.29, 1.82) is 0 Å². The molecule has 0 radical (unpaired) electrons. The lowest BCUT2D eigenvalue weighted by Crippen LogP contribution is -2.63. The Labute approximate surface area is 197 Å². The Hall–Kier alpha value is -2.70. The summed E-state index contributed by atoms with van der Waals surface area (Å²) >= 11 is 1.09. The predicted octanol–water partition coefficient (Wildman–Crippen LogP) is 2.23. The summed E-state index contributed by atoms with van der Waals surface area (Å²) in [7, 11) is 0. The van der Waals surface area contributed by atoms with Crippen LogP contribution in [0.25, 0.3) is 0 Å². The fourth-order valence-electron chi connectivity index (χ4n) is 4.45. The molecule has 34 heavy (non-hydrogen) atoms. The molecule has 1 aliphatic carbocycles. The molecular formula is C22H25F3N4O4S. The number of rotatable bonds is 6. The Balaban J connectivity index is 1.17. The molecule has 184 valence electrons. The summed E-state index contributed by atoms with van der Waals surface area (Å²) in [6, 6.07) is 4.25. The molecule has 2 amide bonds. The van der Waals surface area contributed by atoms with E-state index in [2.05, 4.69) is 20.5 Å². The van der Waals surface area contributed by atoms with Crippen LogP contribution in [0.4, 0.5) is 13.2 Å². The first kappa shape index (κ1) is 24.4. The molecule has 2 fully saturated rings. The van der Waals surface area contributed by atoms with E-state index < -0.39 is 29.2 Å². The van der Waals surface area contributed by atoms with Crippen LogP contribution in [0.5, 0.6) is 5.19 Å². The SMILES string of the molecule is O=C(CNC(=O)c1cccc(C(F)(F)F)c1)NC1CN([C@H]2CC[C@@](O)(c3cnc(O)s3)CC2)C1. The van der Waals surface area contributed by atoms with Gasteiger partial charge in [0.05, 0.1) is 23.0 Å². The van der Waals surface area contributed by atoms with Crippen LogP contribution in [-0.4, -0.2) is 63.6 Å². The van der Waals surface area contributed by atoms with Crippen LogP contribution in [-0.2, 0) is 16.6 Å². The highest BCUT2D eigenvalue weighted by Crippen LogP contribution is 2.42. The Bertz CT molecular complexity index is 1050. The minimum absolute atomic E-state index is 0.0575. The first-order valence-electron chi connectivity index (χ1n) is 10.9. The molecule has 4 N–H and O–H groups in total. The maximum atomic E-state index is 12.8. The first-order valence-corrected chi connectivity index (χ1v) is 11.7. The molecule has 12 heteroatoms. The number of carbonyl (C=O) groups excluding carboxylic acids is 2. The van der Waals surface area contributed by atoms with Gasteiger partial charge in [0.15, 0.2) is 0 Å². The predicted molar refractivity (Wildman–Crippen MR) is 117 cm³/mol. The minimum Gasteiger partial charge on any atom is -0.486 e.